The van der Waals surface area contributed by atoms with E-state index < -0.39 is 34.7 Å². The van der Waals surface area contributed by atoms with Crippen LogP contribution in [0.3, 0.4) is 0 Å². The molecule has 4 rings (SSSR count). The third kappa shape index (κ3) is 4.21. The molecule has 1 N–H and O–H groups in total. The van der Waals surface area contributed by atoms with Gasteiger partial charge in [0.05, 0.1) is 12.7 Å². The molecule has 2 heterocycles. The van der Waals surface area contributed by atoms with E-state index in [9.17, 15) is 18.0 Å². The number of amides is 1. The zero-order valence-corrected chi connectivity index (χ0v) is 16.4. The fourth-order valence-electron chi connectivity index (χ4n) is 2.77. The molecule has 0 radical (unpaired) electrons. The van der Waals surface area contributed by atoms with Gasteiger partial charge in [0.2, 0.25) is 11.7 Å². The number of benzene rings is 2. The number of hydrogen-bond acceptors (Lipinski definition) is 6. The Balaban J connectivity index is 1.48. The van der Waals surface area contributed by atoms with Crippen molar-refractivity contribution in [1.29, 1.82) is 0 Å². The number of aromatic nitrogens is 4. The summed E-state index contributed by atoms with van der Waals surface area (Å²) in [5, 5.41) is 6.48. The first kappa shape index (κ1) is 20.8. The maximum absolute atomic E-state index is 14.3. The average Bonchev–Trinajstić information content (AvgIpc) is 3.33. The molecule has 11 heteroatoms. The minimum absolute atomic E-state index is 0.262. The third-order valence-corrected chi connectivity index (χ3v) is 4.27. The highest BCUT2D eigenvalue weighted by Crippen LogP contribution is 2.28. The minimum atomic E-state index is -1.51. The van der Waals surface area contributed by atoms with Crippen LogP contribution in [-0.2, 0) is 0 Å². The van der Waals surface area contributed by atoms with E-state index in [-0.39, 0.29) is 11.6 Å². The summed E-state index contributed by atoms with van der Waals surface area (Å²) in [5.74, 6) is -5.01. The van der Waals surface area contributed by atoms with Gasteiger partial charge in [0.15, 0.2) is 23.2 Å². The summed E-state index contributed by atoms with van der Waals surface area (Å²) in [5.41, 5.74) is -0.432. The molecule has 2 aromatic carbocycles. The van der Waals surface area contributed by atoms with Crippen molar-refractivity contribution >= 4 is 11.6 Å². The molecule has 0 saturated carbocycles. The van der Waals surface area contributed by atoms with Gasteiger partial charge >= 0.3 is 0 Å². The number of hydrogen-bond donors (Lipinski definition) is 1. The largest absolute Gasteiger partial charge is 0.491 e. The van der Waals surface area contributed by atoms with E-state index >= 15 is 0 Å². The van der Waals surface area contributed by atoms with Crippen LogP contribution in [0.1, 0.15) is 10.4 Å². The quantitative estimate of drug-likeness (QED) is 0.453. The highest BCUT2D eigenvalue weighted by Gasteiger charge is 2.23. The van der Waals surface area contributed by atoms with Crippen LogP contribution in [0.2, 0.25) is 0 Å². The number of carbonyl (C=O) groups excluding carboxylic acids is 1. The van der Waals surface area contributed by atoms with Crippen LogP contribution < -0.4 is 14.8 Å². The first-order chi connectivity index (χ1) is 15.5. The molecule has 8 nitrogen and oxygen atoms in total. The Morgan fingerprint density at radius 3 is 2.53 bits per heavy atom. The van der Waals surface area contributed by atoms with Crippen molar-refractivity contribution < 1.29 is 27.4 Å². The fraction of sp³-hybridized carbons (Fsp3) is 0.0476. The summed E-state index contributed by atoms with van der Waals surface area (Å²) in [4.78, 5) is 20.5. The first-order valence-corrected chi connectivity index (χ1v) is 9.09. The van der Waals surface area contributed by atoms with Gasteiger partial charge in [0, 0.05) is 24.1 Å². The van der Waals surface area contributed by atoms with Crippen molar-refractivity contribution in [3.05, 3.63) is 84.2 Å². The molecule has 0 saturated heterocycles. The molecular formula is C21H14F3N5O3. The lowest BCUT2D eigenvalue weighted by molar-refractivity contribution is 0.102. The highest BCUT2D eigenvalue weighted by atomic mass is 19.2. The lowest BCUT2D eigenvalue weighted by atomic mass is 10.1. The summed E-state index contributed by atoms with van der Waals surface area (Å²) in [6, 6.07) is 9.84. The Kier molecular flexibility index (Phi) is 5.71. The van der Waals surface area contributed by atoms with Crippen LogP contribution in [0.25, 0.3) is 5.82 Å². The van der Waals surface area contributed by atoms with Gasteiger partial charge in [0.25, 0.3) is 5.91 Å². The van der Waals surface area contributed by atoms with Crippen molar-refractivity contribution in [3.63, 3.8) is 0 Å². The van der Waals surface area contributed by atoms with Crippen molar-refractivity contribution in [2.75, 3.05) is 12.4 Å². The zero-order valence-electron chi connectivity index (χ0n) is 16.4. The lowest BCUT2D eigenvalue weighted by Gasteiger charge is -2.11. The maximum atomic E-state index is 14.3. The number of ether oxygens (including phenoxy) is 2. The number of rotatable bonds is 6. The zero-order chi connectivity index (χ0) is 22.7. The smallest absolute Gasteiger partial charge is 0.258 e. The normalized spacial score (nSPS) is 10.6. The Bertz CT molecular complexity index is 1260. The number of halogens is 3. The SMILES string of the molecule is COc1c(F)c(F)cc(C(=O)Nc2ccc(Oc3cc(-n4cccn4)ncn3)cc2)c1F. The number of anilines is 1. The maximum Gasteiger partial charge on any atom is 0.258 e. The van der Waals surface area contributed by atoms with Crippen LogP contribution in [0.5, 0.6) is 17.4 Å². The molecule has 162 valence electrons. The predicted octanol–water partition coefficient (Wildman–Crippen LogP) is 4.13. The van der Waals surface area contributed by atoms with Gasteiger partial charge in [-0.1, -0.05) is 0 Å². The number of nitrogens with zero attached hydrogens (tertiary/aromatic N) is 4. The van der Waals surface area contributed by atoms with Crippen LogP contribution in [0, 0.1) is 17.5 Å². The molecule has 0 fully saturated rings. The highest BCUT2D eigenvalue weighted by molar-refractivity contribution is 6.04. The monoisotopic (exact) mass is 441 g/mol. The lowest BCUT2D eigenvalue weighted by Crippen LogP contribution is -2.15. The molecule has 0 bridgehead atoms. The van der Waals surface area contributed by atoms with Crippen LogP contribution in [-0.4, -0.2) is 32.8 Å². The Morgan fingerprint density at radius 1 is 1.06 bits per heavy atom. The van der Waals surface area contributed by atoms with Gasteiger partial charge < -0.3 is 14.8 Å². The number of methoxy groups -OCH3 is 1. The molecule has 32 heavy (non-hydrogen) atoms. The predicted molar refractivity (Wildman–Crippen MR) is 106 cm³/mol. The van der Waals surface area contributed by atoms with Gasteiger partial charge in [-0.2, -0.15) is 9.49 Å². The summed E-state index contributed by atoms with van der Waals surface area (Å²) in [6.07, 6.45) is 4.65. The van der Waals surface area contributed by atoms with Crippen LogP contribution in [0.15, 0.2) is 61.2 Å². The third-order valence-electron chi connectivity index (χ3n) is 4.27. The van der Waals surface area contributed by atoms with Gasteiger partial charge in [0.1, 0.15) is 12.1 Å². The van der Waals surface area contributed by atoms with Crippen molar-refractivity contribution in [2.24, 2.45) is 0 Å². The molecule has 0 atom stereocenters. The standard InChI is InChI=1S/C21H14F3N5O3/c1-31-20-18(23)14(9-15(22)19(20)24)21(30)28-12-3-5-13(6-4-12)32-17-10-16(25-11-26-17)29-8-2-7-27-29/h2-11H,1H3,(H,28,30). The summed E-state index contributed by atoms with van der Waals surface area (Å²) in [7, 11) is 0.969. The van der Waals surface area contributed by atoms with E-state index in [4.69, 9.17) is 4.74 Å². The fourth-order valence-corrected chi connectivity index (χ4v) is 2.77. The van der Waals surface area contributed by atoms with Crippen LogP contribution >= 0.6 is 0 Å². The topological polar surface area (TPSA) is 91.2 Å². The molecule has 0 spiro atoms. The second kappa shape index (κ2) is 8.76. The number of nitrogens with one attached hydrogen (secondary N) is 1. The van der Waals surface area contributed by atoms with Gasteiger partial charge in [-0.15, -0.1) is 0 Å². The van der Waals surface area contributed by atoms with E-state index in [1.165, 1.54) is 30.6 Å². The van der Waals surface area contributed by atoms with E-state index in [0.717, 1.165) is 7.11 Å². The van der Waals surface area contributed by atoms with Gasteiger partial charge in [-0.25, -0.2) is 23.4 Å². The first-order valence-electron chi connectivity index (χ1n) is 9.09. The minimum Gasteiger partial charge on any atom is -0.491 e. The molecule has 0 aliphatic rings. The van der Waals surface area contributed by atoms with Crippen molar-refractivity contribution in [3.8, 4) is 23.2 Å². The van der Waals surface area contributed by atoms with Gasteiger partial charge in [-0.3, -0.25) is 4.79 Å². The average molecular weight is 441 g/mol. The molecular weight excluding hydrogens is 427 g/mol. The van der Waals surface area contributed by atoms with E-state index in [1.54, 1.807) is 29.2 Å². The van der Waals surface area contributed by atoms with Gasteiger partial charge in [-0.05, 0) is 36.4 Å². The Labute approximate surface area is 179 Å². The summed E-state index contributed by atoms with van der Waals surface area (Å²) in [6.45, 7) is 0. The summed E-state index contributed by atoms with van der Waals surface area (Å²) >= 11 is 0. The molecule has 2 aromatic heterocycles. The molecule has 1 amide bonds. The number of carbonyl (C=O) groups is 1. The van der Waals surface area contributed by atoms with Crippen molar-refractivity contribution in [1.82, 2.24) is 19.7 Å². The van der Waals surface area contributed by atoms with Crippen LogP contribution in [0.4, 0.5) is 18.9 Å². The molecule has 0 unspecified atom stereocenters. The Hall–Kier alpha value is -4.41. The molecule has 4 aromatic rings. The van der Waals surface area contributed by atoms with E-state index in [1.807, 2.05) is 0 Å². The van der Waals surface area contributed by atoms with E-state index in [2.05, 4.69) is 25.1 Å². The summed E-state index contributed by atoms with van der Waals surface area (Å²) < 4.78 is 53.2. The second-order valence-electron chi connectivity index (χ2n) is 6.31. The van der Waals surface area contributed by atoms with E-state index in [0.29, 0.717) is 17.6 Å². The molecule has 0 aliphatic heterocycles. The molecule has 0 aliphatic carbocycles. The second-order valence-corrected chi connectivity index (χ2v) is 6.31. The van der Waals surface area contributed by atoms with Crippen molar-refractivity contribution in [2.45, 2.75) is 0 Å². The Morgan fingerprint density at radius 2 is 1.84 bits per heavy atom.